The summed E-state index contributed by atoms with van der Waals surface area (Å²) in [5, 5.41) is 8.71. The van der Waals surface area contributed by atoms with Gasteiger partial charge in [0, 0.05) is 23.7 Å². The number of methoxy groups -OCH3 is 2. The maximum Gasteiger partial charge on any atom is 0.133 e. The van der Waals surface area contributed by atoms with Gasteiger partial charge in [0.05, 0.1) is 25.6 Å². The van der Waals surface area contributed by atoms with Crippen LogP contribution in [-0.4, -0.2) is 30.5 Å². The van der Waals surface area contributed by atoms with Gasteiger partial charge in [-0.1, -0.05) is 25.1 Å². The van der Waals surface area contributed by atoms with Gasteiger partial charge in [-0.15, -0.1) is 0 Å². The van der Waals surface area contributed by atoms with E-state index in [0.29, 0.717) is 0 Å². The van der Waals surface area contributed by atoms with Crippen molar-refractivity contribution in [1.82, 2.24) is 9.78 Å². The normalized spacial score (nSPS) is 13.4. The third kappa shape index (κ3) is 3.33. The van der Waals surface area contributed by atoms with E-state index in [9.17, 15) is 0 Å². The van der Waals surface area contributed by atoms with Gasteiger partial charge < -0.3 is 14.8 Å². The van der Waals surface area contributed by atoms with Crippen molar-refractivity contribution >= 4 is 5.82 Å². The van der Waals surface area contributed by atoms with Gasteiger partial charge in [-0.2, -0.15) is 5.10 Å². The Morgan fingerprint density at radius 1 is 1.04 bits per heavy atom. The van der Waals surface area contributed by atoms with Gasteiger partial charge in [0.2, 0.25) is 0 Å². The maximum atomic E-state index is 5.49. The molecule has 5 heteroatoms. The molecule has 0 atom stereocenters. The monoisotopic (exact) mass is 377 g/mol. The van der Waals surface area contributed by atoms with Crippen molar-refractivity contribution in [1.29, 1.82) is 0 Å². The molecule has 0 saturated carbocycles. The van der Waals surface area contributed by atoms with Crippen LogP contribution in [0.4, 0.5) is 5.82 Å². The summed E-state index contributed by atoms with van der Waals surface area (Å²) < 4.78 is 13.1. The Hall–Kier alpha value is -2.95. The van der Waals surface area contributed by atoms with E-state index in [1.165, 1.54) is 11.1 Å². The highest BCUT2D eigenvalue weighted by Crippen LogP contribution is 2.37. The Kier molecular flexibility index (Phi) is 5.24. The third-order valence-corrected chi connectivity index (χ3v) is 5.36. The second kappa shape index (κ2) is 7.97. The smallest absolute Gasteiger partial charge is 0.133 e. The molecule has 1 aromatic heterocycles. The number of fused-ring (bicyclic) bond motifs is 1. The van der Waals surface area contributed by atoms with Gasteiger partial charge in [-0.25, -0.2) is 4.68 Å². The summed E-state index contributed by atoms with van der Waals surface area (Å²) in [6.07, 6.45) is 4.28. The zero-order chi connectivity index (χ0) is 19.5. The fraction of sp³-hybridized carbons (Fsp3) is 0.348. The topological polar surface area (TPSA) is 48.3 Å². The van der Waals surface area contributed by atoms with Crippen molar-refractivity contribution in [3.63, 3.8) is 0 Å². The Labute approximate surface area is 166 Å². The Morgan fingerprint density at radius 2 is 1.79 bits per heavy atom. The van der Waals surface area contributed by atoms with Crippen molar-refractivity contribution in [3.8, 4) is 28.4 Å². The van der Waals surface area contributed by atoms with Crippen LogP contribution >= 0.6 is 0 Å². The van der Waals surface area contributed by atoms with Crippen LogP contribution in [-0.2, 0) is 12.8 Å². The van der Waals surface area contributed by atoms with E-state index in [0.717, 1.165) is 66.5 Å². The van der Waals surface area contributed by atoms with E-state index < -0.39 is 0 Å². The zero-order valence-electron chi connectivity index (χ0n) is 16.8. The molecule has 1 N–H and O–H groups in total. The highest BCUT2D eigenvalue weighted by molar-refractivity contribution is 5.73. The molecule has 0 radical (unpaired) electrons. The first-order valence-electron chi connectivity index (χ1n) is 9.92. The molecular weight excluding hydrogens is 350 g/mol. The van der Waals surface area contributed by atoms with E-state index in [2.05, 4.69) is 41.2 Å². The lowest BCUT2D eigenvalue weighted by Crippen LogP contribution is -2.08. The lowest BCUT2D eigenvalue weighted by Gasteiger charge is -2.12. The SMILES string of the molecule is CCc1ccccc1-n1nc(-c2cc(OC)cc(OC)c2)c2c1NCCCC2. The first kappa shape index (κ1) is 18.4. The lowest BCUT2D eigenvalue weighted by atomic mass is 10.0. The molecule has 146 valence electrons. The van der Waals surface area contributed by atoms with Crippen LogP contribution in [0.3, 0.4) is 0 Å². The molecule has 5 nitrogen and oxygen atoms in total. The number of para-hydroxylation sites is 1. The highest BCUT2D eigenvalue weighted by Gasteiger charge is 2.23. The van der Waals surface area contributed by atoms with Crippen LogP contribution in [0, 0.1) is 0 Å². The van der Waals surface area contributed by atoms with Gasteiger partial charge in [-0.05, 0) is 49.4 Å². The zero-order valence-corrected chi connectivity index (χ0v) is 16.8. The van der Waals surface area contributed by atoms with Crippen LogP contribution in [0.2, 0.25) is 0 Å². The number of ether oxygens (including phenoxy) is 2. The number of benzene rings is 2. The van der Waals surface area contributed by atoms with Crippen molar-refractivity contribution in [2.24, 2.45) is 0 Å². The van der Waals surface area contributed by atoms with Crippen LogP contribution in [0.15, 0.2) is 42.5 Å². The second-order valence-corrected chi connectivity index (χ2v) is 7.06. The molecule has 0 bridgehead atoms. The minimum absolute atomic E-state index is 0.771. The Bertz CT molecular complexity index is 956. The van der Waals surface area contributed by atoms with Crippen molar-refractivity contribution in [2.75, 3.05) is 26.1 Å². The average Bonchev–Trinajstić information content (AvgIpc) is 2.93. The molecule has 2 aromatic carbocycles. The second-order valence-electron chi connectivity index (χ2n) is 7.06. The van der Waals surface area contributed by atoms with E-state index in [1.54, 1.807) is 14.2 Å². The quantitative estimate of drug-likeness (QED) is 0.689. The van der Waals surface area contributed by atoms with Crippen LogP contribution in [0.25, 0.3) is 16.9 Å². The van der Waals surface area contributed by atoms with E-state index in [1.807, 2.05) is 18.2 Å². The highest BCUT2D eigenvalue weighted by atomic mass is 16.5. The van der Waals surface area contributed by atoms with Crippen molar-refractivity contribution < 1.29 is 9.47 Å². The summed E-state index contributed by atoms with van der Waals surface area (Å²) in [5.41, 5.74) is 5.69. The van der Waals surface area contributed by atoms with Gasteiger partial charge in [0.15, 0.2) is 0 Å². The lowest BCUT2D eigenvalue weighted by molar-refractivity contribution is 0.394. The fourth-order valence-electron chi connectivity index (χ4n) is 3.87. The molecule has 0 amide bonds. The minimum Gasteiger partial charge on any atom is -0.497 e. The predicted molar refractivity (Wildman–Crippen MR) is 113 cm³/mol. The van der Waals surface area contributed by atoms with Gasteiger partial charge in [0.1, 0.15) is 17.3 Å². The maximum absolute atomic E-state index is 5.49. The molecule has 0 unspecified atom stereocenters. The molecule has 0 saturated heterocycles. The molecule has 2 heterocycles. The molecular formula is C23H27N3O2. The molecule has 1 aliphatic rings. The molecule has 3 aromatic rings. The van der Waals surface area contributed by atoms with Gasteiger partial charge in [-0.3, -0.25) is 0 Å². The van der Waals surface area contributed by atoms with E-state index in [4.69, 9.17) is 14.6 Å². The average molecular weight is 377 g/mol. The Balaban J connectivity index is 1.93. The summed E-state index contributed by atoms with van der Waals surface area (Å²) >= 11 is 0. The molecule has 0 fully saturated rings. The standard InChI is InChI=1S/C23H27N3O2/c1-4-16-9-5-6-11-21(16)26-23-20(10-7-8-12-24-23)22(25-26)17-13-18(27-2)15-19(14-17)28-3/h5-6,9,11,13-15,24H,4,7-8,10,12H2,1-3H3. The summed E-state index contributed by atoms with van der Waals surface area (Å²) in [4.78, 5) is 0. The number of hydrogen-bond acceptors (Lipinski definition) is 4. The number of anilines is 1. The van der Waals surface area contributed by atoms with Crippen molar-refractivity contribution in [3.05, 3.63) is 53.6 Å². The number of nitrogens with one attached hydrogen (secondary N) is 1. The fourth-order valence-corrected chi connectivity index (χ4v) is 3.87. The molecule has 0 aliphatic carbocycles. The van der Waals surface area contributed by atoms with Crippen molar-refractivity contribution in [2.45, 2.75) is 32.6 Å². The predicted octanol–water partition coefficient (Wildman–Crippen LogP) is 4.87. The van der Waals surface area contributed by atoms with E-state index >= 15 is 0 Å². The van der Waals surface area contributed by atoms with Gasteiger partial charge >= 0.3 is 0 Å². The molecule has 1 aliphatic heterocycles. The minimum atomic E-state index is 0.771. The summed E-state index contributed by atoms with van der Waals surface area (Å²) in [7, 11) is 3.35. The number of nitrogens with zero attached hydrogens (tertiary/aromatic N) is 2. The van der Waals surface area contributed by atoms with Gasteiger partial charge in [0.25, 0.3) is 0 Å². The summed E-state index contributed by atoms with van der Waals surface area (Å²) in [6.45, 7) is 3.15. The number of aryl methyl sites for hydroxylation is 1. The summed E-state index contributed by atoms with van der Waals surface area (Å²) in [6, 6.07) is 14.4. The van der Waals surface area contributed by atoms with Crippen LogP contribution in [0.1, 0.15) is 30.9 Å². The first-order chi connectivity index (χ1) is 13.7. The summed E-state index contributed by atoms with van der Waals surface area (Å²) in [5.74, 6) is 2.65. The molecule has 0 spiro atoms. The number of rotatable bonds is 5. The molecule has 4 rings (SSSR count). The van der Waals surface area contributed by atoms with Crippen LogP contribution in [0.5, 0.6) is 11.5 Å². The number of aromatic nitrogens is 2. The molecule has 28 heavy (non-hydrogen) atoms. The van der Waals surface area contributed by atoms with Crippen LogP contribution < -0.4 is 14.8 Å². The Morgan fingerprint density at radius 3 is 2.50 bits per heavy atom. The third-order valence-electron chi connectivity index (χ3n) is 5.36. The largest absolute Gasteiger partial charge is 0.497 e. The first-order valence-corrected chi connectivity index (χ1v) is 9.92. The van der Waals surface area contributed by atoms with E-state index in [-0.39, 0.29) is 0 Å². The number of hydrogen-bond donors (Lipinski definition) is 1.